The van der Waals surface area contributed by atoms with Crippen molar-refractivity contribution in [3.63, 3.8) is 0 Å². The monoisotopic (exact) mass is 549 g/mol. The summed E-state index contributed by atoms with van der Waals surface area (Å²) in [5.41, 5.74) is 1.93. The minimum atomic E-state index is -1.38. The number of carboxylic acid groups (broad SMARTS) is 1. The first-order valence-corrected chi connectivity index (χ1v) is 12.7. The Bertz CT molecular complexity index is 1390. The number of urea groups is 1. The van der Waals surface area contributed by atoms with E-state index >= 15 is 0 Å². The van der Waals surface area contributed by atoms with Crippen molar-refractivity contribution >= 4 is 29.5 Å². The maximum absolute atomic E-state index is 13.9. The van der Waals surface area contributed by atoms with Crippen LogP contribution in [0.4, 0.5) is 10.5 Å². The van der Waals surface area contributed by atoms with Crippen LogP contribution in [0.2, 0.25) is 0 Å². The van der Waals surface area contributed by atoms with E-state index in [-0.39, 0.29) is 18.8 Å². The molecule has 0 saturated carbocycles. The van der Waals surface area contributed by atoms with E-state index in [0.29, 0.717) is 29.2 Å². The van der Waals surface area contributed by atoms with Gasteiger partial charge in [-0.2, -0.15) is 0 Å². The second-order valence-corrected chi connectivity index (χ2v) is 9.47. The third kappa shape index (κ3) is 6.57. The number of nitrogens with one attached hydrogen (secondary N) is 2. The molecule has 1 aliphatic heterocycles. The lowest BCUT2D eigenvalue weighted by Gasteiger charge is -2.42. The first-order valence-electron chi connectivity index (χ1n) is 12.7. The van der Waals surface area contributed by atoms with Gasteiger partial charge in [0.2, 0.25) is 0 Å². The topological polar surface area (TPSA) is 154 Å². The van der Waals surface area contributed by atoms with E-state index in [9.17, 15) is 24.3 Å². The van der Waals surface area contributed by atoms with Crippen LogP contribution in [0.3, 0.4) is 0 Å². The normalized spacial score (nSPS) is 15.7. The molecule has 2 heterocycles. The van der Waals surface area contributed by atoms with Crippen molar-refractivity contribution in [2.75, 3.05) is 25.5 Å². The van der Waals surface area contributed by atoms with Gasteiger partial charge in [0, 0.05) is 24.8 Å². The van der Waals surface area contributed by atoms with Crippen molar-refractivity contribution in [1.82, 2.24) is 20.3 Å². The number of hydrogen-bond acceptors (Lipinski definition) is 7. The summed E-state index contributed by atoms with van der Waals surface area (Å²) in [4.78, 5) is 55.0. The van der Waals surface area contributed by atoms with E-state index in [0.717, 1.165) is 5.56 Å². The first-order chi connectivity index (χ1) is 19.2. The Kier molecular flexibility index (Phi) is 8.67. The quantitative estimate of drug-likeness (QED) is 0.387. The number of benzene rings is 2. The van der Waals surface area contributed by atoms with Gasteiger partial charge >= 0.3 is 12.0 Å². The van der Waals surface area contributed by atoms with E-state index in [1.807, 2.05) is 13.0 Å². The molecule has 12 nitrogen and oxygen atoms in total. The molecule has 2 atom stereocenters. The second kappa shape index (κ2) is 12.3. The number of nitrogens with zero attached hydrogens (tertiary/aromatic N) is 3. The smallest absolute Gasteiger partial charge is 0.323 e. The van der Waals surface area contributed by atoms with Gasteiger partial charge in [-0.3, -0.25) is 19.3 Å². The molecule has 1 fully saturated rings. The Hall–Kier alpha value is -4.87. The zero-order chi connectivity index (χ0) is 28.8. The number of ether oxygens (including phenoxy) is 1. The van der Waals surface area contributed by atoms with Gasteiger partial charge in [0.15, 0.2) is 11.9 Å². The number of anilines is 1. The lowest BCUT2D eigenvalue weighted by atomic mass is 10.0. The number of aliphatic carboxylic acids is 1. The predicted molar refractivity (Wildman–Crippen MR) is 144 cm³/mol. The van der Waals surface area contributed by atoms with Gasteiger partial charge in [0.05, 0.1) is 19.6 Å². The Morgan fingerprint density at radius 3 is 2.42 bits per heavy atom. The van der Waals surface area contributed by atoms with Gasteiger partial charge in [-0.25, -0.2) is 4.79 Å². The molecule has 0 bridgehead atoms. The number of aryl methyl sites for hydroxylation is 2. The number of rotatable bonds is 8. The molecule has 2 aromatic carbocycles. The number of hydrogen-bond donors (Lipinski definition) is 3. The standard InChI is InChI=1S/C28H31N5O7/c1-17-6-4-7-19(14-17)22(16-24(34)35)30-25(36)26-32(27(37)23-15-18(2)40-31-23)12-5-13-33(26)28(38)29-20-8-10-21(39-3)11-9-20/h4,6-11,14-15,22,26H,5,12-13,16H2,1-3H3,(H,29,38)(H,30,36)(H,34,35). The molecule has 0 radical (unpaired) electrons. The van der Waals surface area contributed by atoms with Crippen molar-refractivity contribution in [3.05, 3.63) is 77.2 Å². The van der Waals surface area contributed by atoms with E-state index in [1.165, 1.54) is 23.0 Å². The van der Waals surface area contributed by atoms with Crippen LogP contribution in [0.5, 0.6) is 5.75 Å². The summed E-state index contributed by atoms with van der Waals surface area (Å²) in [7, 11) is 1.53. The molecule has 40 heavy (non-hydrogen) atoms. The molecule has 1 aromatic heterocycles. The summed E-state index contributed by atoms with van der Waals surface area (Å²) < 4.78 is 10.2. The first kappa shape index (κ1) is 28.1. The molecule has 1 aliphatic rings. The highest BCUT2D eigenvalue weighted by Crippen LogP contribution is 2.24. The number of aromatic nitrogens is 1. The van der Waals surface area contributed by atoms with E-state index in [1.54, 1.807) is 49.4 Å². The molecule has 4 rings (SSSR count). The van der Waals surface area contributed by atoms with Crippen molar-refractivity contribution in [1.29, 1.82) is 0 Å². The third-order valence-corrected chi connectivity index (χ3v) is 6.47. The molecule has 2 unspecified atom stereocenters. The van der Waals surface area contributed by atoms with Gasteiger partial charge in [-0.15, -0.1) is 0 Å². The molecule has 3 aromatic rings. The molecule has 3 N–H and O–H groups in total. The lowest BCUT2D eigenvalue weighted by Crippen LogP contribution is -2.64. The third-order valence-electron chi connectivity index (χ3n) is 6.47. The second-order valence-electron chi connectivity index (χ2n) is 9.47. The number of carbonyl (C=O) groups is 4. The zero-order valence-electron chi connectivity index (χ0n) is 22.4. The van der Waals surface area contributed by atoms with Crippen LogP contribution in [0.1, 0.15) is 46.3 Å². The van der Waals surface area contributed by atoms with E-state index in [2.05, 4.69) is 15.8 Å². The van der Waals surface area contributed by atoms with Gasteiger partial charge in [-0.05, 0) is 50.1 Å². The summed E-state index contributed by atoms with van der Waals surface area (Å²) in [6, 6.07) is 13.7. The maximum atomic E-state index is 13.9. The Balaban J connectivity index is 1.66. The van der Waals surface area contributed by atoms with Gasteiger partial charge in [0.1, 0.15) is 11.5 Å². The van der Waals surface area contributed by atoms with Gasteiger partial charge in [-0.1, -0.05) is 35.0 Å². The summed E-state index contributed by atoms with van der Waals surface area (Å²) in [5, 5.41) is 18.9. The highest BCUT2D eigenvalue weighted by Gasteiger charge is 2.42. The largest absolute Gasteiger partial charge is 0.497 e. The van der Waals surface area contributed by atoms with E-state index in [4.69, 9.17) is 9.26 Å². The fraction of sp³-hybridized carbons (Fsp3) is 0.321. The molecule has 0 spiro atoms. The van der Waals surface area contributed by atoms with Crippen LogP contribution < -0.4 is 15.4 Å². The molecular weight excluding hydrogens is 518 g/mol. The SMILES string of the molecule is COc1ccc(NC(=O)N2CCCN(C(=O)c3cc(C)on3)C2C(=O)NC(CC(=O)O)c2cccc(C)c2)cc1. The fourth-order valence-electron chi connectivity index (χ4n) is 4.58. The highest BCUT2D eigenvalue weighted by molar-refractivity contribution is 5.99. The molecule has 0 aliphatic carbocycles. The van der Waals surface area contributed by atoms with Crippen LogP contribution in [0.15, 0.2) is 59.1 Å². The molecule has 210 valence electrons. The number of amides is 4. The summed E-state index contributed by atoms with van der Waals surface area (Å²) >= 11 is 0. The zero-order valence-corrected chi connectivity index (χ0v) is 22.4. The number of carboxylic acids is 1. The summed E-state index contributed by atoms with van der Waals surface area (Å²) in [6.45, 7) is 3.84. The van der Waals surface area contributed by atoms with Crippen LogP contribution >= 0.6 is 0 Å². The summed E-state index contributed by atoms with van der Waals surface area (Å²) in [6.07, 6.45) is -1.37. The minimum absolute atomic E-state index is 0.00603. The number of carbonyl (C=O) groups excluding carboxylic acids is 3. The van der Waals surface area contributed by atoms with Gasteiger partial charge < -0.3 is 29.9 Å². The average Bonchev–Trinajstić information content (AvgIpc) is 3.38. The molecular formula is C28H31N5O7. The average molecular weight is 550 g/mol. The Labute approximate surface area is 230 Å². The van der Waals surface area contributed by atoms with Crippen LogP contribution in [-0.4, -0.2) is 70.2 Å². The Morgan fingerprint density at radius 2 is 1.80 bits per heavy atom. The maximum Gasteiger partial charge on any atom is 0.323 e. The highest BCUT2D eigenvalue weighted by atomic mass is 16.5. The predicted octanol–water partition coefficient (Wildman–Crippen LogP) is 3.34. The van der Waals surface area contributed by atoms with Crippen LogP contribution in [0.25, 0.3) is 0 Å². The molecule has 1 saturated heterocycles. The Morgan fingerprint density at radius 1 is 1.07 bits per heavy atom. The van der Waals surface area contributed by atoms with Crippen molar-refractivity contribution in [2.24, 2.45) is 0 Å². The van der Waals surface area contributed by atoms with Gasteiger partial charge in [0.25, 0.3) is 11.8 Å². The number of methoxy groups -OCH3 is 1. The van der Waals surface area contributed by atoms with Crippen molar-refractivity contribution in [3.8, 4) is 5.75 Å². The van der Waals surface area contributed by atoms with E-state index < -0.39 is 42.4 Å². The molecule has 12 heteroatoms. The fourth-order valence-corrected chi connectivity index (χ4v) is 4.58. The minimum Gasteiger partial charge on any atom is -0.497 e. The van der Waals surface area contributed by atoms with Crippen molar-refractivity contribution < 1.29 is 33.5 Å². The molecule has 4 amide bonds. The van der Waals surface area contributed by atoms with Crippen LogP contribution in [-0.2, 0) is 9.59 Å². The van der Waals surface area contributed by atoms with Crippen LogP contribution in [0, 0.1) is 13.8 Å². The van der Waals surface area contributed by atoms with Crippen molar-refractivity contribution in [2.45, 2.75) is 38.9 Å². The summed E-state index contributed by atoms with van der Waals surface area (Å²) in [5.74, 6) is -1.39. The lowest BCUT2D eigenvalue weighted by molar-refractivity contribution is -0.138.